The van der Waals surface area contributed by atoms with Gasteiger partial charge in [0.05, 0.1) is 6.61 Å². The second kappa shape index (κ2) is 7.04. The number of hydrogen-bond acceptors (Lipinski definition) is 3. The lowest BCUT2D eigenvalue weighted by Gasteiger charge is -2.24. The summed E-state index contributed by atoms with van der Waals surface area (Å²) in [5, 5.41) is 13.0. The molecule has 1 aromatic carbocycles. The van der Waals surface area contributed by atoms with Crippen LogP contribution < -0.4 is 5.32 Å². The normalized spacial score (nSPS) is 22.0. The molecule has 0 radical (unpaired) electrons. The Labute approximate surface area is 116 Å². The second-order valence-corrected chi connectivity index (χ2v) is 5.91. The van der Waals surface area contributed by atoms with Crippen molar-refractivity contribution in [1.82, 2.24) is 10.2 Å². The van der Waals surface area contributed by atoms with Gasteiger partial charge in [-0.3, -0.25) is 4.90 Å². The average molecular weight is 262 g/mol. The number of likely N-dealkylation sites (tertiary alicyclic amines) is 1. The molecule has 0 bridgehead atoms. The number of nitrogens with one attached hydrogen (secondary N) is 1. The van der Waals surface area contributed by atoms with Crippen LogP contribution in [0.1, 0.15) is 25.8 Å². The van der Waals surface area contributed by atoms with E-state index in [9.17, 15) is 5.11 Å². The van der Waals surface area contributed by atoms with Crippen molar-refractivity contribution in [3.8, 4) is 0 Å². The third-order valence-electron chi connectivity index (χ3n) is 3.97. The first kappa shape index (κ1) is 14.5. The first-order chi connectivity index (χ1) is 9.19. The van der Waals surface area contributed by atoms with Gasteiger partial charge >= 0.3 is 0 Å². The molecular formula is C16H26N2O. The van der Waals surface area contributed by atoms with E-state index in [1.165, 1.54) is 12.0 Å². The topological polar surface area (TPSA) is 35.5 Å². The Hall–Kier alpha value is -0.900. The monoisotopic (exact) mass is 262 g/mol. The Kier molecular flexibility index (Phi) is 5.37. The number of hydrogen-bond donors (Lipinski definition) is 2. The third-order valence-corrected chi connectivity index (χ3v) is 3.97. The summed E-state index contributed by atoms with van der Waals surface area (Å²) >= 11 is 0. The van der Waals surface area contributed by atoms with E-state index in [1.807, 2.05) is 0 Å². The highest BCUT2D eigenvalue weighted by atomic mass is 16.3. The molecule has 19 heavy (non-hydrogen) atoms. The van der Waals surface area contributed by atoms with Crippen molar-refractivity contribution < 1.29 is 5.11 Å². The number of nitrogens with zero attached hydrogens (tertiary/aromatic N) is 1. The molecule has 1 aliphatic rings. The van der Waals surface area contributed by atoms with E-state index in [1.54, 1.807) is 0 Å². The van der Waals surface area contributed by atoms with Gasteiger partial charge in [0.2, 0.25) is 0 Å². The van der Waals surface area contributed by atoms with Gasteiger partial charge in [-0.05, 0) is 17.9 Å². The average Bonchev–Trinajstić information content (AvgIpc) is 2.84. The van der Waals surface area contributed by atoms with Crippen LogP contribution in [0.25, 0.3) is 0 Å². The van der Waals surface area contributed by atoms with E-state index in [0.29, 0.717) is 12.0 Å². The maximum absolute atomic E-state index is 9.38. The Morgan fingerprint density at radius 2 is 2.05 bits per heavy atom. The molecule has 0 saturated carbocycles. The molecule has 3 heteroatoms. The highest BCUT2D eigenvalue weighted by Crippen LogP contribution is 2.15. The Bertz CT molecular complexity index is 366. The predicted molar refractivity (Wildman–Crippen MR) is 79.0 cm³/mol. The summed E-state index contributed by atoms with van der Waals surface area (Å²) in [5.74, 6) is 0.480. The molecule has 0 amide bonds. The second-order valence-electron chi connectivity index (χ2n) is 5.91. The molecule has 2 atom stereocenters. The predicted octanol–water partition coefficient (Wildman–Crippen LogP) is 1.87. The zero-order chi connectivity index (χ0) is 13.7. The van der Waals surface area contributed by atoms with Crippen LogP contribution in [0.15, 0.2) is 30.3 Å². The van der Waals surface area contributed by atoms with E-state index in [2.05, 4.69) is 54.4 Å². The molecule has 106 valence electrons. The smallest absolute Gasteiger partial charge is 0.0587 e. The van der Waals surface area contributed by atoms with Gasteiger partial charge in [0.25, 0.3) is 0 Å². The summed E-state index contributed by atoms with van der Waals surface area (Å²) in [6.45, 7) is 7.80. The van der Waals surface area contributed by atoms with Gasteiger partial charge in [0.1, 0.15) is 0 Å². The maximum atomic E-state index is 9.38. The molecule has 0 spiro atoms. The van der Waals surface area contributed by atoms with Crippen LogP contribution >= 0.6 is 0 Å². The highest BCUT2D eigenvalue weighted by Gasteiger charge is 2.25. The lowest BCUT2D eigenvalue weighted by molar-refractivity contribution is 0.197. The quantitative estimate of drug-likeness (QED) is 0.821. The van der Waals surface area contributed by atoms with Crippen molar-refractivity contribution in [3.05, 3.63) is 35.9 Å². The van der Waals surface area contributed by atoms with Gasteiger partial charge in [-0.1, -0.05) is 44.2 Å². The summed E-state index contributed by atoms with van der Waals surface area (Å²) < 4.78 is 0. The van der Waals surface area contributed by atoms with Gasteiger partial charge in [-0.25, -0.2) is 0 Å². The number of aliphatic hydroxyl groups excluding tert-OH is 1. The fourth-order valence-electron chi connectivity index (χ4n) is 2.71. The van der Waals surface area contributed by atoms with Gasteiger partial charge in [-0.2, -0.15) is 0 Å². The number of rotatable bonds is 6. The lowest BCUT2D eigenvalue weighted by atomic mass is 10.0. The first-order valence-electron chi connectivity index (χ1n) is 7.32. The van der Waals surface area contributed by atoms with E-state index in [4.69, 9.17) is 0 Å². The van der Waals surface area contributed by atoms with Gasteiger partial charge in [0, 0.05) is 31.7 Å². The molecule has 1 unspecified atom stereocenters. The van der Waals surface area contributed by atoms with Crippen molar-refractivity contribution in [2.45, 2.75) is 38.9 Å². The molecule has 3 nitrogen and oxygen atoms in total. The van der Waals surface area contributed by atoms with Crippen LogP contribution in [0.2, 0.25) is 0 Å². The Morgan fingerprint density at radius 3 is 2.68 bits per heavy atom. The molecule has 2 N–H and O–H groups in total. The van der Waals surface area contributed by atoms with Gasteiger partial charge in [-0.15, -0.1) is 0 Å². The van der Waals surface area contributed by atoms with Gasteiger partial charge < -0.3 is 10.4 Å². The maximum Gasteiger partial charge on any atom is 0.0587 e. The largest absolute Gasteiger partial charge is 0.395 e. The standard InChI is InChI=1S/C16H26N2O/c1-13(2)16(12-19)17-15-8-9-18(11-15)10-14-6-4-3-5-7-14/h3-7,13,15-17,19H,8-12H2,1-2H3/t15?,16-/m1/s1. The Morgan fingerprint density at radius 1 is 1.32 bits per heavy atom. The Balaban J connectivity index is 1.80. The summed E-state index contributed by atoms with van der Waals surface area (Å²) in [4.78, 5) is 2.49. The zero-order valence-electron chi connectivity index (χ0n) is 12.0. The van der Waals surface area contributed by atoms with Crippen molar-refractivity contribution in [2.75, 3.05) is 19.7 Å². The fraction of sp³-hybridized carbons (Fsp3) is 0.625. The minimum Gasteiger partial charge on any atom is -0.395 e. The molecule has 1 aliphatic heterocycles. The minimum atomic E-state index is 0.224. The molecule has 2 rings (SSSR count). The summed E-state index contributed by atoms with van der Waals surface area (Å²) in [5.41, 5.74) is 1.38. The zero-order valence-corrected chi connectivity index (χ0v) is 12.0. The van der Waals surface area contributed by atoms with E-state index in [-0.39, 0.29) is 12.6 Å². The fourth-order valence-corrected chi connectivity index (χ4v) is 2.71. The molecular weight excluding hydrogens is 236 g/mol. The SMILES string of the molecule is CC(C)[C@@H](CO)NC1CCN(Cc2ccccc2)C1. The molecule has 1 saturated heterocycles. The molecule has 1 fully saturated rings. The number of aliphatic hydroxyl groups is 1. The van der Waals surface area contributed by atoms with Crippen molar-refractivity contribution in [1.29, 1.82) is 0 Å². The van der Waals surface area contributed by atoms with E-state index in [0.717, 1.165) is 19.6 Å². The summed E-state index contributed by atoms with van der Waals surface area (Å²) in [7, 11) is 0. The summed E-state index contributed by atoms with van der Waals surface area (Å²) in [6.07, 6.45) is 1.18. The van der Waals surface area contributed by atoms with Crippen molar-refractivity contribution in [2.24, 2.45) is 5.92 Å². The van der Waals surface area contributed by atoms with Crippen molar-refractivity contribution in [3.63, 3.8) is 0 Å². The van der Waals surface area contributed by atoms with Crippen LogP contribution in [0.3, 0.4) is 0 Å². The lowest BCUT2D eigenvalue weighted by Crippen LogP contribution is -2.44. The molecule has 0 aliphatic carbocycles. The van der Waals surface area contributed by atoms with Crippen LogP contribution in [-0.2, 0) is 6.54 Å². The van der Waals surface area contributed by atoms with Gasteiger partial charge in [0.15, 0.2) is 0 Å². The van der Waals surface area contributed by atoms with E-state index >= 15 is 0 Å². The minimum absolute atomic E-state index is 0.224. The van der Waals surface area contributed by atoms with Crippen LogP contribution in [0.5, 0.6) is 0 Å². The van der Waals surface area contributed by atoms with Crippen molar-refractivity contribution >= 4 is 0 Å². The molecule has 1 aromatic rings. The van der Waals surface area contributed by atoms with Crippen LogP contribution in [0.4, 0.5) is 0 Å². The first-order valence-corrected chi connectivity index (χ1v) is 7.32. The van der Waals surface area contributed by atoms with Crippen LogP contribution in [-0.4, -0.2) is 41.8 Å². The highest BCUT2D eigenvalue weighted by molar-refractivity contribution is 5.14. The summed E-state index contributed by atoms with van der Waals surface area (Å²) in [6, 6.07) is 11.4. The molecule has 0 aromatic heterocycles. The third kappa shape index (κ3) is 4.30. The van der Waals surface area contributed by atoms with E-state index < -0.39 is 0 Å². The number of benzene rings is 1. The van der Waals surface area contributed by atoms with Crippen LogP contribution in [0, 0.1) is 5.92 Å². The molecule has 1 heterocycles.